The van der Waals surface area contributed by atoms with Crippen LogP contribution in [0.3, 0.4) is 0 Å². The summed E-state index contributed by atoms with van der Waals surface area (Å²) in [5.41, 5.74) is 2.42. The fourth-order valence-corrected chi connectivity index (χ4v) is 4.11. The number of benzene rings is 2. The summed E-state index contributed by atoms with van der Waals surface area (Å²) in [7, 11) is -3.51. The topological polar surface area (TPSA) is 55.4 Å². The van der Waals surface area contributed by atoms with Gasteiger partial charge >= 0.3 is 0 Å². The lowest BCUT2D eigenvalue weighted by Gasteiger charge is -2.16. The Morgan fingerprint density at radius 2 is 1.83 bits per heavy atom. The van der Waals surface area contributed by atoms with Gasteiger partial charge in [0.05, 0.1) is 4.90 Å². The van der Waals surface area contributed by atoms with Gasteiger partial charge in [-0.1, -0.05) is 23.7 Å². The molecule has 0 atom stereocenters. The molecule has 4 nitrogen and oxygen atoms in total. The van der Waals surface area contributed by atoms with Crippen LogP contribution in [-0.4, -0.2) is 21.6 Å². The molecule has 0 amide bonds. The van der Waals surface area contributed by atoms with Crippen molar-refractivity contribution in [2.75, 3.05) is 13.2 Å². The molecule has 0 fully saturated rings. The van der Waals surface area contributed by atoms with E-state index in [4.69, 9.17) is 16.3 Å². The highest BCUT2D eigenvalue weighted by Gasteiger charge is 2.17. The van der Waals surface area contributed by atoms with Crippen molar-refractivity contribution in [3.05, 3.63) is 58.6 Å². The molecule has 2 aromatic carbocycles. The maximum absolute atomic E-state index is 12.4. The molecule has 1 N–H and O–H groups in total. The zero-order valence-corrected chi connectivity index (χ0v) is 14.9. The van der Waals surface area contributed by atoms with Gasteiger partial charge in [-0.2, -0.15) is 0 Å². The monoisotopic (exact) mass is 365 g/mol. The average molecular weight is 366 g/mol. The van der Waals surface area contributed by atoms with Gasteiger partial charge < -0.3 is 4.74 Å². The van der Waals surface area contributed by atoms with E-state index < -0.39 is 10.0 Å². The smallest absolute Gasteiger partial charge is 0.240 e. The van der Waals surface area contributed by atoms with Crippen LogP contribution in [0.4, 0.5) is 0 Å². The summed E-state index contributed by atoms with van der Waals surface area (Å²) in [5, 5.41) is 0.585. The molecule has 0 bridgehead atoms. The minimum Gasteiger partial charge on any atom is -0.492 e. The van der Waals surface area contributed by atoms with Gasteiger partial charge in [-0.05, 0) is 67.1 Å². The van der Waals surface area contributed by atoms with Gasteiger partial charge in [-0.25, -0.2) is 13.1 Å². The third-order valence-corrected chi connectivity index (χ3v) is 5.78. The lowest BCUT2D eigenvalue weighted by atomic mass is 9.92. The number of hydrogen-bond acceptors (Lipinski definition) is 3. The standard InChI is InChI=1S/C18H20ClNO3S/c19-16-6-3-7-17(13-16)23-11-10-20-24(21,22)18-9-8-14-4-1-2-5-15(14)12-18/h3,6-9,12-13,20H,1-2,4-5,10-11H2. The molecule has 0 unspecified atom stereocenters. The molecule has 1 aliphatic carbocycles. The van der Waals surface area contributed by atoms with E-state index in [0.717, 1.165) is 24.8 Å². The molecule has 1 aliphatic rings. The Bertz CT molecular complexity index is 821. The third kappa shape index (κ3) is 4.29. The summed E-state index contributed by atoms with van der Waals surface area (Å²) in [6, 6.07) is 12.4. The second kappa shape index (κ2) is 7.55. The van der Waals surface area contributed by atoms with Crippen molar-refractivity contribution in [1.82, 2.24) is 4.72 Å². The molecule has 0 saturated carbocycles. The van der Waals surface area contributed by atoms with E-state index in [1.54, 1.807) is 36.4 Å². The molecule has 0 heterocycles. The lowest BCUT2D eigenvalue weighted by molar-refractivity contribution is 0.323. The average Bonchev–Trinajstić information content (AvgIpc) is 2.58. The van der Waals surface area contributed by atoms with Crippen LogP contribution in [0.5, 0.6) is 5.75 Å². The molecule has 0 saturated heterocycles. The minimum absolute atomic E-state index is 0.200. The first-order valence-corrected chi connectivity index (χ1v) is 9.90. The Hall–Kier alpha value is -1.56. The van der Waals surface area contributed by atoms with E-state index in [1.807, 2.05) is 6.07 Å². The number of fused-ring (bicyclic) bond motifs is 1. The predicted molar refractivity (Wildman–Crippen MR) is 95.2 cm³/mol. The van der Waals surface area contributed by atoms with Crippen molar-refractivity contribution in [2.24, 2.45) is 0 Å². The number of nitrogens with one attached hydrogen (secondary N) is 1. The molecule has 2 aromatic rings. The van der Waals surface area contributed by atoms with Crippen LogP contribution in [0.15, 0.2) is 47.4 Å². The van der Waals surface area contributed by atoms with Crippen molar-refractivity contribution in [3.8, 4) is 5.75 Å². The quantitative estimate of drug-likeness (QED) is 0.796. The van der Waals surface area contributed by atoms with Crippen LogP contribution >= 0.6 is 11.6 Å². The van der Waals surface area contributed by atoms with Gasteiger partial charge in [-0.3, -0.25) is 0 Å². The lowest BCUT2D eigenvalue weighted by Crippen LogP contribution is -2.28. The number of ether oxygens (including phenoxy) is 1. The Morgan fingerprint density at radius 1 is 1.04 bits per heavy atom. The molecule has 0 aromatic heterocycles. The van der Waals surface area contributed by atoms with Gasteiger partial charge in [-0.15, -0.1) is 0 Å². The molecular weight excluding hydrogens is 346 g/mol. The second-order valence-corrected chi connectivity index (χ2v) is 8.04. The summed E-state index contributed by atoms with van der Waals surface area (Å²) >= 11 is 5.88. The molecule has 128 valence electrons. The first-order chi connectivity index (χ1) is 11.5. The van der Waals surface area contributed by atoms with E-state index in [9.17, 15) is 8.42 Å². The number of rotatable bonds is 6. The van der Waals surface area contributed by atoms with E-state index in [2.05, 4.69) is 4.72 Å². The van der Waals surface area contributed by atoms with Gasteiger partial charge in [0, 0.05) is 11.6 Å². The predicted octanol–water partition coefficient (Wildman–Crippen LogP) is 3.58. The normalized spacial score (nSPS) is 14.2. The van der Waals surface area contributed by atoms with E-state index >= 15 is 0 Å². The third-order valence-electron chi connectivity index (χ3n) is 4.09. The van der Waals surface area contributed by atoms with Crippen LogP contribution in [-0.2, 0) is 22.9 Å². The Morgan fingerprint density at radius 3 is 2.62 bits per heavy atom. The Labute approximate surface area is 147 Å². The largest absolute Gasteiger partial charge is 0.492 e. The summed E-state index contributed by atoms with van der Waals surface area (Å²) in [6.45, 7) is 0.441. The summed E-state index contributed by atoms with van der Waals surface area (Å²) in [4.78, 5) is 0.325. The number of halogens is 1. The van der Waals surface area contributed by atoms with E-state index in [0.29, 0.717) is 15.7 Å². The maximum atomic E-state index is 12.4. The van der Waals surface area contributed by atoms with Crippen LogP contribution in [0, 0.1) is 0 Å². The SMILES string of the molecule is O=S(=O)(NCCOc1cccc(Cl)c1)c1ccc2c(c1)CCCC2. The molecule has 0 radical (unpaired) electrons. The summed E-state index contributed by atoms with van der Waals surface area (Å²) < 4.78 is 32.9. The summed E-state index contributed by atoms with van der Waals surface area (Å²) in [6.07, 6.45) is 4.29. The summed E-state index contributed by atoms with van der Waals surface area (Å²) in [5.74, 6) is 0.621. The number of sulfonamides is 1. The van der Waals surface area contributed by atoms with Crippen molar-refractivity contribution in [3.63, 3.8) is 0 Å². The van der Waals surface area contributed by atoms with Crippen LogP contribution in [0.2, 0.25) is 5.02 Å². The molecular formula is C18H20ClNO3S. The fraction of sp³-hybridized carbons (Fsp3) is 0.333. The van der Waals surface area contributed by atoms with Crippen LogP contribution in [0.25, 0.3) is 0 Å². The maximum Gasteiger partial charge on any atom is 0.240 e. The van der Waals surface area contributed by atoms with Crippen molar-refractivity contribution in [2.45, 2.75) is 30.6 Å². The van der Waals surface area contributed by atoms with Crippen LogP contribution in [0.1, 0.15) is 24.0 Å². The van der Waals surface area contributed by atoms with Gasteiger partial charge in [0.15, 0.2) is 0 Å². The zero-order valence-electron chi connectivity index (χ0n) is 13.3. The van der Waals surface area contributed by atoms with Crippen molar-refractivity contribution >= 4 is 21.6 Å². The Kier molecular flexibility index (Phi) is 5.43. The zero-order chi connectivity index (χ0) is 17.0. The van der Waals surface area contributed by atoms with E-state index in [-0.39, 0.29) is 13.2 Å². The molecule has 6 heteroatoms. The first-order valence-electron chi connectivity index (χ1n) is 8.04. The molecule has 0 spiro atoms. The van der Waals surface area contributed by atoms with Crippen molar-refractivity contribution < 1.29 is 13.2 Å². The first kappa shape index (κ1) is 17.3. The number of hydrogen-bond donors (Lipinski definition) is 1. The van der Waals surface area contributed by atoms with Gasteiger partial charge in [0.25, 0.3) is 0 Å². The van der Waals surface area contributed by atoms with Gasteiger partial charge in [0.2, 0.25) is 10.0 Å². The fourth-order valence-electron chi connectivity index (χ4n) is 2.86. The molecule has 24 heavy (non-hydrogen) atoms. The number of aryl methyl sites for hydroxylation is 2. The highest BCUT2D eigenvalue weighted by Crippen LogP contribution is 2.24. The van der Waals surface area contributed by atoms with Crippen LogP contribution < -0.4 is 9.46 Å². The Balaban J connectivity index is 1.58. The van der Waals surface area contributed by atoms with E-state index in [1.165, 1.54) is 12.0 Å². The van der Waals surface area contributed by atoms with Gasteiger partial charge in [0.1, 0.15) is 12.4 Å². The second-order valence-electron chi connectivity index (χ2n) is 5.84. The molecule has 3 rings (SSSR count). The highest BCUT2D eigenvalue weighted by molar-refractivity contribution is 7.89. The highest BCUT2D eigenvalue weighted by atomic mass is 35.5. The van der Waals surface area contributed by atoms with Crippen molar-refractivity contribution in [1.29, 1.82) is 0 Å². The minimum atomic E-state index is -3.51. The molecule has 0 aliphatic heterocycles.